The van der Waals surface area contributed by atoms with Crippen molar-refractivity contribution in [3.8, 4) is 22.1 Å². The molecule has 5 nitrogen and oxygen atoms in total. The number of hydrogen-bond acceptors (Lipinski definition) is 7. The van der Waals surface area contributed by atoms with Gasteiger partial charge in [0.25, 0.3) is 11.1 Å². The molecule has 3 heterocycles. The quantitative estimate of drug-likeness (QED) is 0.473. The van der Waals surface area contributed by atoms with Crippen LogP contribution in [0.2, 0.25) is 0 Å². The van der Waals surface area contributed by atoms with E-state index in [-0.39, 0.29) is 5.82 Å². The first kappa shape index (κ1) is 15.1. The molecule has 0 aliphatic rings. The molecule has 0 aliphatic heterocycles. The molecule has 0 radical (unpaired) electrons. The first-order chi connectivity index (χ1) is 11.8. The topological polar surface area (TPSA) is 65.0 Å². The number of aromatic nitrogens is 3. The highest BCUT2D eigenvalue weighted by atomic mass is 32.2. The Balaban J connectivity index is 1.42. The molecule has 3 aromatic heterocycles. The van der Waals surface area contributed by atoms with E-state index in [1.54, 1.807) is 29.7 Å². The molecule has 0 bridgehead atoms. The highest BCUT2D eigenvalue weighted by Crippen LogP contribution is 2.29. The summed E-state index contributed by atoms with van der Waals surface area (Å²) in [4.78, 5) is 5.15. The first-order valence-electron chi connectivity index (χ1n) is 6.99. The van der Waals surface area contributed by atoms with E-state index in [9.17, 15) is 4.39 Å². The molecule has 8 heteroatoms. The zero-order chi connectivity index (χ0) is 16.4. The second-order valence-corrected chi connectivity index (χ2v) is 6.64. The van der Waals surface area contributed by atoms with Gasteiger partial charge < -0.3 is 8.83 Å². The fraction of sp³-hybridized carbons (Fsp3) is 0.0625. The van der Waals surface area contributed by atoms with Gasteiger partial charge >= 0.3 is 0 Å². The highest BCUT2D eigenvalue weighted by molar-refractivity contribution is 7.98. The molecule has 1 aromatic carbocycles. The van der Waals surface area contributed by atoms with Gasteiger partial charge in [0.05, 0.1) is 16.8 Å². The zero-order valence-electron chi connectivity index (χ0n) is 12.2. The molecule has 4 aromatic rings. The Morgan fingerprint density at radius 1 is 1.08 bits per heavy atom. The highest BCUT2D eigenvalue weighted by Gasteiger charge is 2.12. The number of thiophene rings is 1. The lowest BCUT2D eigenvalue weighted by molar-refractivity contribution is 0.465. The van der Waals surface area contributed by atoms with Gasteiger partial charge in [-0.2, -0.15) is 0 Å². The lowest BCUT2D eigenvalue weighted by atomic mass is 10.2. The van der Waals surface area contributed by atoms with Crippen LogP contribution in [-0.4, -0.2) is 15.2 Å². The number of nitrogens with zero attached hydrogens (tertiary/aromatic N) is 3. The molecule has 0 unspecified atom stereocenters. The van der Waals surface area contributed by atoms with Crippen molar-refractivity contribution in [3.05, 3.63) is 59.7 Å². The Morgan fingerprint density at radius 3 is 2.75 bits per heavy atom. The van der Waals surface area contributed by atoms with E-state index in [0.717, 1.165) is 10.4 Å². The molecule has 0 spiro atoms. The number of hydrogen-bond donors (Lipinski definition) is 0. The van der Waals surface area contributed by atoms with Gasteiger partial charge in [-0.15, -0.1) is 21.5 Å². The average Bonchev–Trinajstić information content (AvgIpc) is 3.34. The predicted molar refractivity (Wildman–Crippen MR) is 89.1 cm³/mol. The van der Waals surface area contributed by atoms with E-state index in [2.05, 4.69) is 15.2 Å². The van der Waals surface area contributed by atoms with Crippen LogP contribution in [0.25, 0.3) is 22.1 Å². The average molecular weight is 359 g/mol. The molecule has 0 fully saturated rings. The van der Waals surface area contributed by atoms with Gasteiger partial charge in [-0.05, 0) is 35.7 Å². The molecule has 0 atom stereocenters. The van der Waals surface area contributed by atoms with Crippen LogP contribution in [0, 0.1) is 5.82 Å². The summed E-state index contributed by atoms with van der Waals surface area (Å²) in [6, 6.07) is 9.93. The van der Waals surface area contributed by atoms with E-state index >= 15 is 0 Å². The smallest absolute Gasteiger partial charge is 0.277 e. The van der Waals surface area contributed by atoms with Crippen molar-refractivity contribution in [1.29, 1.82) is 0 Å². The third-order valence-electron chi connectivity index (χ3n) is 3.14. The van der Waals surface area contributed by atoms with E-state index < -0.39 is 0 Å². The molecule has 4 rings (SSSR count). The maximum Gasteiger partial charge on any atom is 0.277 e. The summed E-state index contributed by atoms with van der Waals surface area (Å²) in [7, 11) is 0. The van der Waals surface area contributed by atoms with Crippen molar-refractivity contribution < 1.29 is 13.2 Å². The van der Waals surface area contributed by atoms with Gasteiger partial charge in [0.1, 0.15) is 5.82 Å². The standard InChI is InChI=1S/C16H10FN3O2S2/c17-11-5-3-10(4-6-11)12-8-18-14(21-12)9-24-16-20-19-15(22-16)13-2-1-7-23-13/h1-8H,9H2. The van der Waals surface area contributed by atoms with Crippen LogP contribution in [0.3, 0.4) is 0 Å². The van der Waals surface area contributed by atoms with Gasteiger partial charge in [-0.25, -0.2) is 9.37 Å². The summed E-state index contributed by atoms with van der Waals surface area (Å²) in [6.45, 7) is 0. The van der Waals surface area contributed by atoms with Gasteiger partial charge in [0.15, 0.2) is 5.76 Å². The van der Waals surface area contributed by atoms with Crippen LogP contribution in [0.5, 0.6) is 0 Å². The Bertz CT molecular complexity index is 933. The first-order valence-corrected chi connectivity index (χ1v) is 8.85. The molecule has 0 saturated heterocycles. The third kappa shape index (κ3) is 3.24. The van der Waals surface area contributed by atoms with Crippen molar-refractivity contribution in [2.24, 2.45) is 0 Å². The lowest BCUT2D eigenvalue weighted by Crippen LogP contribution is -1.79. The normalized spacial score (nSPS) is 11.0. The fourth-order valence-corrected chi connectivity index (χ4v) is 3.28. The Morgan fingerprint density at radius 2 is 1.96 bits per heavy atom. The van der Waals surface area contributed by atoms with E-state index in [0.29, 0.717) is 28.5 Å². The summed E-state index contributed by atoms with van der Waals surface area (Å²) in [5.41, 5.74) is 0.776. The second kappa shape index (κ2) is 6.58. The maximum absolute atomic E-state index is 12.9. The molecule has 0 aliphatic carbocycles. The van der Waals surface area contributed by atoms with E-state index in [4.69, 9.17) is 8.83 Å². The largest absolute Gasteiger partial charge is 0.440 e. The van der Waals surface area contributed by atoms with Crippen LogP contribution in [-0.2, 0) is 5.75 Å². The van der Waals surface area contributed by atoms with Crippen molar-refractivity contribution in [3.63, 3.8) is 0 Å². The number of halogens is 1. The third-order valence-corrected chi connectivity index (χ3v) is 4.80. The minimum absolute atomic E-state index is 0.285. The predicted octanol–water partition coefficient (Wildman–Crippen LogP) is 4.88. The summed E-state index contributed by atoms with van der Waals surface area (Å²) in [6.07, 6.45) is 1.62. The van der Waals surface area contributed by atoms with Gasteiger partial charge in [-0.1, -0.05) is 17.8 Å². The van der Waals surface area contributed by atoms with Crippen molar-refractivity contribution in [2.75, 3.05) is 0 Å². The fourth-order valence-electron chi connectivity index (χ4n) is 2.02. The van der Waals surface area contributed by atoms with Crippen molar-refractivity contribution in [1.82, 2.24) is 15.2 Å². The summed E-state index contributed by atoms with van der Waals surface area (Å²) < 4.78 is 24.2. The van der Waals surface area contributed by atoms with Crippen LogP contribution < -0.4 is 0 Å². The molecule has 24 heavy (non-hydrogen) atoms. The summed E-state index contributed by atoms with van der Waals surface area (Å²) in [5, 5.41) is 10.4. The number of rotatable bonds is 5. The van der Waals surface area contributed by atoms with Gasteiger partial charge in [0.2, 0.25) is 5.89 Å². The van der Waals surface area contributed by atoms with E-state index in [1.165, 1.54) is 23.9 Å². The molecule has 0 N–H and O–H groups in total. The Labute approximate surface area is 144 Å². The molecular weight excluding hydrogens is 349 g/mol. The second-order valence-electron chi connectivity index (χ2n) is 4.76. The minimum Gasteiger partial charge on any atom is -0.440 e. The van der Waals surface area contributed by atoms with Gasteiger partial charge in [0, 0.05) is 5.56 Å². The van der Waals surface area contributed by atoms with Crippen LogP contribution in [0.4, 0.5) is 4.39 Å². The Hall–Kier alpha value is -2.45. The summed E-state index contributed by atoms with van der Waals surface area (Å²) >= 11 is 2.89. The van der Waals surface area contributed by atoms with Crippen molar-refractivity contribution >= 4 is 23.1 Å². The maximum atomic E-state index is 12.9. The van der Waals surface area contributed by atoms with Crippen LogP contribution in [0.15, 0.2) is 62.0 Å². The molecule has 0 amide bonds. The molecule has 0 saturated carbocycles. The SMILES string of the molecule is Fc1ccc(-c2cnc(CSc3nnc(-c4cccs4)o3)o2)cc1. The van der Waals surface area contributed by atoms with Gasteiger partial charge in [-0.3, -0.25) is 0 Å². The van der Waals surface area contributed by atoms with Crippen molar-refractivity contribution in [2.45, 2.75) is 11.0 Å². The number of benzene rings is 1. The molecule has 120 valence electrons. The summed E-state index contributed by atoms with van der Waals surface area (Å²) in [5.74, 6) is 1.82. The Kier molecular flexibility index (Phi) is 4.14. The lowest BCUT2D eigenvalue weighted by Gasteiger charge is -1.95. The monoisotopic (exact) mass is 359 g/mol. The number of oxazole rings is 1. The molecular formula is C16H10FN3O2S2. The minimum atomic E-state index is -0.285. The zero-order valence-corrected chi connectivity index (χ0v) is 13.8. The van der Waals surface area contributed by atoms with E-state index in [1.807, 2.05) is 17.5 Å². The van der Waals surface area contributed by atoms with Crippen LogP contribution in [0.1, 0.15) is 5.89 Å². The van der Waals surface area contributed by atoms with Crippen LogP contribution >= 0.6 is 23.1 Å². The number of thioether (sulfide) groups is 1.